The predicted molar refractivity (Wildman–Crippen MR) is 106 cm³/mol. The number of rotatable bonds is 6. The summed E-state index contributed by atoms with van der Waals surface area (Å²) in [5.74, 6) is -0.206. The van der Waals surface area contributed by atoms with E-state index >= 15 is 0 Å². The van der Waals surface area contributed by atoms with E-state index in [1.807, 2.05) is 51.0 Å². The number of hydrogen-bond acceptors (Lipinski definition) is 2. The second-order valence-corrected chi connectivity index (χ2v) is 6.74. The van der Waals surface area contributed by atoms with E-state index in [9.17, 15) is 4.39 Å². The first-order valence-electron chi connectivity index (χ1n) is 8.32. The summed E-state index contributed by atoms with van der Waals surface area (Å²) in [6.45, 7) is 7.60. The summed E-state index contributed by atoms with van der Waals surface area (Å²) >= 11 is 6.42. The number of aliphatic imine (C=N–C) groups is 1. The first kappa shape index (κ1) is 19.3. The van der Waals surface area contributed by atoms with Gasteiger partial charge in [0.15, 0.2) is 0 Å². The van der Waals surface area contributed by atoms with Gasteiger partial charge in [0.25, 0.3) is 0 Å². The molecule has 2 aromatic carbocycles. The molecule has 0 N–H and O–H groups in total. The minimum absolute atomic E-state index is 0.206. The van der Waals surface area contributed by atoms with E-state index in [-0.39, 0.29) is 5.82 Å². The summed E-state index contributed by atoms with van der Waals surface area (Å²) in [6, 6.07) is 8.82. The van der Waals surface area contributed by atoms with Gasteiger partial charge in [0.2, 0.25) is 0 Å². The number of hydrogen-bond donors (Lipinski definition) is 0. The lowest BCUT2D eigenvalue weighted by Crippen LogP contribution is -2.18. The Balaban J connectivity index is 2.24. The zero-order valence-electron chi connectivity index (χ0n) is 15.5. The van der Waals surface area contributed by atoms with E-state index in [1.165, 1.54) is 6.07 Å². The molecule has 5 heteroatoms. The molecule has 2 aromatic rings. The summed E-state index contributed by atoms with van der Waals surface area (Å²) in [7, 11) is 3.98. The third-order valence-corrected chi connectivity index (χ3v) is 4.58. The van der Waals surface area contributed by atoms with Gasteiger partial charge in [0.1, 0.15) is 5.82 Å². The van der Waals surface area contributed by atoms with Crippen LogP contribution in [0.15, 0.2) is 35.3 Å². The van der Waals surface area contributed by atoms with E-state index < -0.39 is 0 Å². The first-order valence-corrected chi connectivity index (χ1v) is 8.70. The van der Waals surface area contributed by atoms with Crippen molar-refractivity contribution in [2.45, 2.75) is 27.3 Å². The maximum Gasteiger partial charge on any atom is 0.123 e. The summed E-state index contributed by atoms with van der Waals surface area (Å²) in [5, 5.41) is 0.615. The Morgan fingerprint density at radius 3 is 2.48 bits per heavy atom. The predicted octanol–water partition coefficient (Wildman–Crippen LogP) is 5.34. The monoisotopic (exact) mass is 361 g/mol. The van der Waals surface area contributed by atoms with E-state index in [1.54, 1.807) is 12.4 Å². The molecule has 2 rings (SSSR count). The van der Waals surface area contributed by atoms with Crippen molar-refractivity contribution in [2.75, 3.05) is 25.5 Å². The molecule has 0 aliphatic carbocycles. The molecule has 0 spiro atoms. The minimum Gasteiger partial charge on any atom is -0.370 e. The summed E-state index contributed by atoms with van der Waals surface area (Å²) in [4.78, 5) is 8.56. The van der Waals surface area contributed by atoms with Crippen molar-refractivity contribution < 1.29 is 4.39 Å². The van der Waals surface area contributed by atoms with E-state index in [0.717, 1.165) is 34.6 Å². The van der Waals surface area contributed by atoms with Crippen molar-refractivity contribution >= 4 is 29.3 Å². The van der Waals surface area contributed by atoms with Crippen LogP contribution in [0.25, 0.3) is 0 Å². The van der Waals surface area contributed by atoms with Crippen LogP contribution >= 0.6 is 11.6 Å². The largest absolute Gasteiger partial charge is 0.370 e. The van der Waals surface area contributed by atoms with Crippen molar-refractivity contribution in [3.63, 3.8) is 0 Å². The molecule has 0 fully saturated rings. The Morgan fingerprint density at radius 1 is 1.12 bits per heavy atom. The van der Waals surface area contributed by atoms with Crippen LogP contribution in [0.5, 0.6) is 0 Å². The minimum atomic E-state index is -0.206. The molecule has 0 unspecified atom stereocenters. The van der Waals surface area contributed by atoms with Gasteiger partial charge in [-0.3, -0.25) is 0 Å². The Bertz CT molecular complexity index is 774. The molecule has 0 aliphatic rings. The fraction of sp³-hybridized carbons (Fsp3) is 0.350. The molecule has 0 saturated carbocycles. The van der Waals surface area contributed by atoms with Crippen molar-refractivity contribution in [3.8, 4) is 0 Å². The van der Waals surface area contributed by atoms with Crippen LogP contribution in [0.1, 0.15) is 23.6 Å². The number of nitrogens with zero attached hydrogens (tertiary/aromatic N) is 3. The molecule has 3 nitrogen and oxygen atoms in total. The van der Waals surface area contributed by atoms with Crippen molar-refractivity contribution in [3.05, 3.63) is 57.9 Å². The fourth-order valence-corrected chi connectivity index (χ4v) is 2.79. The lowest BCUT2D eigenvalue weighted by atomic mass is 10.1. The Hall–Kier alpha value is -2.07. The third kappa shape index (κ3) is 4.95. The maximum atomic E-state index is 13.3. The first-order chi connectivity index (χ1) is 11.8. The van der Waals surface area contributed by atoms with Gasteiger partial charge < -0.3 is 9.80 Å². The molecule has 0 heterocycles. The summed E-state index contributed by atoms with van der Waals surface area (Å²) in [6.07, 6.45) is 1.78. The van der Waals surface area contributed by atoms with E-state index in [4.69, 9.17) is 11.6 Å². The second-order valence-electron chi connectivity index (χ2n) is 6.33. The zero-order chi connectivity index (χ0) is 18.6. The molecule has 25 heavy (non-hydrogen) atoms. The van der Waals surface area contributed by atoms with Crippen molar-refractivity contribution in [2.24, 2.45) is 4.99 Å². The van der Waals surface area contributed by atoms with E-state index in [2.05, 4.69) is 16.8 Å². The van der Waals surface area contributed by atoms with Crippen molar-refractivity contribution in [1.82, 2.24) is 4.90 Å². The lowest BCUT2D eigenvalue weighted by molar-refractivity contribution is 0.552. The maximum absolute atomic E-state index is 13.3. The Kier molecular flexibility index (Phi) is 6.43. The highest BCUT2D eigenvalue weighted by Gasteiger charge is 2.11. The standard InChI is InChI=1S/C20H25ClFN3/c1-6-24(4)13-23-19-10-15(3)20(11-18(19)21)25(5)12-16-7-8-17(22)9-14(16)2/h7-11,13H,6,12H2,1-5H3. The van der Waals surface area contributed by atoms with Crippen LogP contribution in [-0.4, -0.2) is 31.9 Å². The SMILES string of the molecule is CCN(C)C=Nc1cc(C)c(N(C)Cc2ccc(F)cc2C)cc1Cl. The van der Waals surface area contributed by atoms with Crippen molar-refractivity contribution in [1.29, 1.82) is 0 Å². The second kappa shape index (κ2) is 8.34. The number of halogens is 2. The van der Waals surface area contributed by atoms with Crippen LogP contribution in [0, 0.1) is 19.7 Å². The molecule has 0 aromatic heterocycles. The number of benzene rings is 2. The molecule has 0 saturated heterocycles. The average Bonchev–Trinajstić information content (AvgIpc) is 2.57. The van der Waals surface area contributed by atoms with Crippen LogP contribution < -0.4 is 4.90 Å². The summed E-state index contributed by atoms with van der Waals surface area (Å²) in [5.41, 5.74) is 4.93. The number of anilines is 1. The van der Waals surface area contributed by atoms with Gasteiger partial charge in [-0.05, 0) is 61.7 Å². The average molecular weight is 362 g/mol. The molecule has 0 bridgehead atoms. The normalized spacial score (nSPS) is 11.2. The van der Waals surface area contributed by atoms with Gasteiger partial charge >= 0.3 is 0 Å². The molecule has 0 radical (unpaired) electrons. The van der Waals surface area contributed by atoms with Gasteiger partial charge in [-0.25, -0.2) is 9.38 Å². The lowest BCUT2D eigenvalue weighted by Gasteiger charge is -2.23. The molecule has 0 amide bonds. The van der Waals surface area contributed by atoms with Gasteiger partial charge in [0, 0.05) is 32.9 Å². The molecular weight excluding hydrogens is 337 g/mol. The van der Waals surface area contributed by atoms with E-state index in [0.29, 0.717) is 11.6 Å². The smallest absolute Gasteiger partial charge is 0.123 e. The van der Waals surface area contributed by atoms with Gasteiger partial charge in [-0.15, -0.1) is 0 Å². The Labute approximate surface area is 154 Å². The Morgan fingerprint density at radius 2 is 1.84 bits per heavy atom. The molecular formula is C20H25ClFN3. The number of aryl methyl sites for hydroxylation is 2. The van der Waals surface area contributed by atoms with Crippen LogP contribution in [-0.2, 0) is 6.54 Å². The van der Waals surface area contributed by atoms with Gasteiger partial charge in [0.05, 0.1) is 17.0 Å². The third-order valence-electron chi connectivity index (χ3n) is 4.28. The molecule has 0 aliphatic heterocycles. The van der Waals surface area contributed by atoms with Gasteiger partial charge in [-0.1, -0.05) is 17.7 Å². The quantitative estimate of drug-likeness (QED) is 0.510. The van der Waals surface area contributed by atoms with Crippen LogP contribution in [0.2, 0.25) is 5.02 Å². The van der Waals surface area contributed by atoms with Gasteiger partial charge in [-0.2, -0.15) is 0 Å². The van der Waals surface area contributed by atoms with Crippen LogP contribution in [0.4, 0.5) is 15.8 Å². The highest BCUT2D eigenvalue weighted by atomic mass is 35.5. The van der Waals surface area contributed by atoms with Crippen LogP contribution in [0.3, 0.4) is 0 Å². The zero-order valence-corrected chi connectivity index (χ0v) is 16.2. The molecule has 134 valence electrons. The summed E-state index contributed by atoms with van der Waals surface area (Å²) < 4.78 is 13.3. The highest BCUT2D eigenvalue weighted by molar-refractivity contribution is 6.33. The fourth-order valence-electron chi connectivity index (χ4n) is 2.59. The topological polar surface area (TPSA) is 18.8 Å². The highest BCUT2D eigenvalue weighted by Crippen LogP contribution is 2.33. The molecule has 0 atom stereocenters.